The third-order valence-corrected chi connectivity index (χ3v) is 23.5. The summed E-state index contributed by atoms with van der Waals surface area (Å²) >= 11 is 0. The molecule has 0 aromatic carbocycles. The van der Waals surface area contributed by atoms with Gasteiger partial charge in [0.25, 0.3) is 0 Å². The molecule has 12 aliphatic heterocycles. The molecule has 17 nitrogen and oxygen atoms in total. The second kappa shape index (κ2) is 22.0. The van der Waals surface area contributed by atoms with Gasteiger partial charge in [0.1, 0.15) is 29.5 Å². The van der Waals surface area contributed by atoms with Gasteiger partial charge in [0.2, 0.25) is 0 Å². The molecule has 12 heterocycles. The zero-order valence-electron chi connectivity index (χ0n) is 48.7. The molecule has 14 rings (SSSR count). The number of fused-ring (bicyclic) bond motifs is 13. The van der Waals surface area contributed by atoms with Gasteiger partial charge in [0, 0.05) is 51.6 Å². The topological polar surface area (TPSA) is 212 Å². The number of rotatable bonds is 1. The summed E-state index contributed by atoms with van der Waals surface area (Å²) in [7, 11) is 0. The molecule has 0 amide bonds. The molecule has 5 N–H and O–H groups in total. The van der Waals surface area contributed by atoms with Crippen molar-refractivity contribution >= 4 is 0 Å². The van der Waals surface area contributed by atoms with Crippen LogP contribution in [0.1, 0.15) is 163 Å². The van der Waals surface area contributed by atoms with Crippen LogP contribution < -0.4 is 0 Å². The van der Waals surface area contributed by atoms with Crippen LogP contribution in [0.15, 0.2) is 36.5 Å². The summed E-state index contributed by atoms with van der Waals surface area (Å²) in [5.41, 5.74) is -3.16. The Balaban J connectivity index is 0.649. The Morgan fingerprint density at radius 2 is 0.988 bits per heavy atom. The molecule has 2 saturated carbocycles. The van der Waals surface area contributed by atoms with E-state index in [9.17, 15) is 25.5 Å². The van der Waals surface area contributed by atoms with Gasteiger partial charge >= 0.3 is 0 Å². The summed E-state index contributed by atoms with van der Waals surface area (Å²) in [5, 5.41) is 56.6. The van der Waals surface area contributed by atoms with Crippen LogP contribution in [0.4, 0.5) is 0 Å². The molecular weight excluding hydrogens is 1040 g/mol. The molecule has 14 aliphatic rings. The van der Waals surface area contributed by atoms with E-state index < -0.39 is 53.4 Å². The molecule has 0 aromatic heterocycles. The first-order valence-electron chi connectivity index (χ1n) is 32.1. The predicted octanol–water partition coefficient (Wildman–Crippen LogP) is 6.18. The summed E-state index contributed by atoms with van der Waals surface area (Å²) in [6, 6.07) is 0. The van der Waals surface area contributed by atoms with E-state index >= 15 is 0 Å². The van der Waals surface area contributed by atoms with Gasteiger partial charge in [-0.1, -0.05) is 57.2 Å². The van der Waals surface area contributed by atoms with E-state index in [2.05, 4.69) is 57.2 Å². The smallest absolute Gasteiger partial charge is 0.118 e. The second-order valence-electron chi connectivity index (χ2n) is 29.4. The number of ether oxygens (including phenoxy) is 12. The summed E-state index contributed by atoms with van der Waals surface area (Å²) in [6.07, 6.45) is 18.6. The molecule has 9 saturated heterocycles. The first-order chi connectivity index (χ1) is 38.8. The largest absolute Gasteiger partial charge is 0.393 e. The van der Waals surface area contributed by atoms with Crippen molar-refractivity contribution in [3.63, 3.8) is 0 Å². The fourth-order valence-corrected chi connectivity index (χ4v) is 18.6. The summed E-state index contributed by atoms with van der Waals surface area (Å²) in [6.45, 7) is 11.4. The third-order valence-electron chi connectivity index (χ3n) is 23.5. The van der Waals surface area contributed by atoms with Crippen molar-refractivity contribution in [1.29, 1.82) is 0 Å². The molecule has 454 valence electrons. The van der Waals surface area contributed by atoms with Crippen LogP contribution in [0, 0.1) is 22.7 Å². The van der Waals surface area contributed by atoms with Gasteiger partial charge < -0.3 is 82.4 Å². The Morgan fingerprint density at radius 3 is 1.75 bits per heavy atom. The second-order valence-corrected chi connectivity index (χ2v) is 29.4. The van der Waals surface area contributed by atoms with Gasteiger partial charge in [-0.3, -0.25) is 0 Å². The van der Waals surface area contributed by atoms with Gasteiger partial charge in [-0.25, -0.2) is 0 Å². The van der Waals surface area contributed by atoms with Crippen molar-refractivity contribution < 1.29 is 82.4 Å². The fraction of sp³-hybridized carbons (Fsp3) is 0.906. The van der Waals surface area contributed by atoms with Crippen molar-refractivity contribution in [2.24, 2.45) is 22.7 Å². The number of aliphatic hydroxyl groups excluding tert-OH is 4. The SMILES string of the molecule is C[C@@H]1C[C@@H]2O[C@@H]3C[C@H](O)[C@]4(C)O[C@@H]5CC[C@@H]6C[C@](O)(CO)CC[C@@]6(C)C[C@@]5(C)C[C@H]4O[C@H]3C[C@H]2O[C@H]2C[C@H]3O[C@H]4C/C=C\C[C@H]5O[C@H]6C=C[C@H]7O[C@H]8C[C@H]9OCC[C@H](O)C[C@@H]9O[C@@H]8C[C@@H]7O[C@@H]6C/C=C\[C@@H]5O[C@@H]4C[C@@H](O)[C@]3(C)O[C@@H]2C1. The van der Waals surface area contributed by atoms with Crippen molar-refractivity contribution in [1.82, 2.24) is 0 Å². The van der Waals surface area contributed by atoms with E-state index in [1.165, 1.54) is 0 Å². The molecule has 0 bridgehead atoms. The highest BCUT2D eigenvalue weighted by molar-refractivity contribution is 5.15. The highest BCUT2D eigenvalue weighted by Gasteiger charge is 2.64. The lowest BCUT2D eigenvalue weighted by Crippen LogP contribution is -2.63. The maximum absolute atomic E-state index is 12.5. The van der Waals surface area contributed by atoms with Crippen LogP contribution in [0.3, 0.4) is 0 Å². The van der Waals surface area contributed by atoms with Gasteiger partial charge in [0.15, 0.2) is 0 Å². The molecule has 0 aromatic rings. The average molecular weight is 1140 g/mol. The molecule has 0 radical (unpaired) electrons. The van der Waals surface area contributed by atoms with E-state index in [1.54, 1.807) is 0 Å². The first-order valence-corrected chi connectivity index (χ1v) is 32.1. The predicted molar refractivity (Wildman–Crippen MR) is 293 cm³/mol. The fourth-order valence-electron chi connectivity index (χ4n) is 18.6. The molecule has 0 unspecified atom stereocenters. The Kier molecular flexibility index (Phi) is 15.6. The van der Waals surface area contributed by atoms with Gasteiger partial charge in [-0.2, -0.15) is 0 Å². The van der Waals surface area contributed by atoms with E-state index in [0.29, 0.717) is 83.7 Å². The van der Waals surface area contributed by atoms with Crippen LogP contribution >= 0.6 is 0 Å². The van der Waals surface area contributed by atoms with Crippen LogP contribution in [-0.2, 0) is 56.8 Å². The molecule has 2 aliphatic carbocycles. The van der Waals surface area contributed by atoms with Gasteiger partial charge in [-0.05, 0) is 120 Å². The lowest BCUT2D eigenvalue weighted by Gasteiger charge is -2.56. The van der Waals surface area contributed by atoms with Crippen molar-refractivity contribution in [3.05, 3.63) is 36.5 Å². The summed E-state index contributed by atoms with van der Waals surface area (Å²) in [4.78, 5) is 0. The highest BCUT2D eigenvalue weighted by Crippen LogP contribution is 2.61. The first kappa shape index (κ1) is 57.3. The zero-order valence-corrected chi connectivity index (χ0v) is 48.7. The molecule has 31 atom stereocenters. The van der Waals surface area contributed by atoms with Gasteiger partial charge in [-0.15, -0.1) is 0 Å². The maximum Gasteiger partial charge on any atom is 0.118 e. The molecular formula is C64H96O17. The quantitative estimate of drug-likeness (QED) is 0.186. The van der Waals surface area contributed by atoms with E-state index in [0.717, 1.165) is 51.4 Å². The van der Waals surface area contributed by atoms with E-state index in [4.69, 9.17) is 56.8 Å². The maximum atomic E-state index is 12.5. The van der Waals surface area contributed by atoms with Crippen molar-refractivity contribution in [3.8, 4) is 0 Å². The Bertz CT molecular complexity index is 2340. The molecule has 17 heteroatoms. The Hall–Kier alpha value is -1.46. The molecule has 0 spiro atoms. The standard InChI is InChI=1S/C64H96O17/c1-34-21-44-48(26-50-52(75-44)28-56(68)63(5)59(79-50)31-61(3)32-60(2)18-19-64(69,33-65)30-35(60)13-16-57(61)81-63)77-53-29-58-62(4,80-54(53)22-34)55(67)27-51-40(78-58)10-7-6-9-37-38(73-51)11-8-12-39-41(71-37)14-15-42-46(72-39)25-49-47(74-42)24-43-45(76-49)23-36(66)17-20-70-43/h6-8,11,14-15,34-59,65-69H,9-10,12-13,16-33H2,1-5H3/b7-6-,11-8-/t34-,35-,36+,37-,38+,39-,40+,41+,42-,43-,44+,45+,46+,47+,48-,49-,50+,51-,52-,53+,54-,55-,56+,57-,58-,59-,60+,61-,62+,63+,64+/m1/s1. The average Bonchev–Trinajstić information content (AvgIpc) is 3.83. The van der Waals surface area contributed by atoms with E-state index in [1.807, 2.05) is 13.8 Å². The molecule has 11 fully saturated rings. The molecule has 81 heavy (non-hydrogen) atoms. The van der Waals surface area contributed by atoms with Crippen LogP contribution in [0.2, 0.25) is 0 Å². The Labute approximate surface area is 479 Å². The third kappa shape index (κ3) is 10.7. The van der Waals surface area contributed by atoms with Crippen LogP contribution in [0.25, 0.3) is 0 Å². The summed E-state index contributed by atoms with van der Waals surface area (Å²) in [5.74, 6) is 0.512. The van der Waals surface area contributed by atoms with E-state index in [-0.39, 0.29) is 139 Å². The minimum absolute atomic E-state index is 0.00204. The Morgan fingerprint density at radius 1 is 0.444 bits per heavy atom. The highest BCUT2D eigenvalue weighted by atomic mass is 16.6. The minimum atomic E-state index is -1.03. The monoisotopic (exact) mass is 1140 g/mol. The number of hydrogen-bond donors (Lipinski definition) is 5. The van der Waals surface area contributed by atoms with Crippen LogP contribution in [0.5, 0.6) is 0 Å². The lowest BCUT2D eigenvalue weighted by molar-refractivity contribution is -0.302. The lowest BCUT2D eigenvalue weighted by atomic mass is 9.57. The van der Waals surface area contributed by atoms with Crippen molar-refractivity contribution in [2.75, 3.05) is 13.2 Å². The minimum Gasteiger partial charge on any atom is -0.393 e. The summed E-state index contributed by atoms with van der Waals surface area (Å²) < 4.78 is 84.0. The zero-order chi connectivity index (χ0) is 55.8. The van der Waals surface area contributed by atoms with Gasteiger partial charge in [0.05, 0.1) is 140 Å². The van der Waals surface area contributed by atoms with Crippen LogP contribution in [-0.4, -0.2) is 202 Å². The number of aliphatic hydroxyl groups is 5. The van der Waals surface area contributed by atoms with Crippen molar-refractivity contribution in [2.45, 2.75) is 326 Å². The normalized spacial score (nSPS) is 58.8. The number of hydrogen-bond acceptors (Lipinski definition) is 17.